The Morgan fingerprint density at radius 2 is 2.09 bits per heavy atom. The average molecular weight is 173 g/mol. The van der Waals surface area contributed by atoms with Crippen LogP contribution < -0.4 is 0 Å². The number of rotatable bonds is 4. The lowest BCUT2D eigenvalue weighted by atomic mass is 10.1. The molecule has 0 aromatic heterocycles. The van der Waals surface area contributed by atoms with Gasteiger partial charge in [0, 0.05) is 5.54 Å². The molecule has 0 aromatic carbocycles. The van der Waals surface area contributed by atoms with Gasteiger partial charge >= 0.3 is 0 Å². The lowest BCUT2D eigenvalue weighted by molar-refractivity contribution is 0.657. The molecule has 0 aliphatic rings. The van der Waals surface area contributed by atoms with Crippen LogP contribution in [0, 0.1) is 5.92 Å². The van der Waals surface area contributed by atoms with Gasteiger partial charge in [0.2, 0.25) is 0 Å². The summed E-state index contributed by atoms with van der Waals surface area (Å²) in [5, 5.41) is 0. The molecule has 0 rings (SSSR count). The first-order chi connectivity index (χ1) is 5.16. The third-order valence-corrected chi connectivity index (χ3v) is 1.72. The maximum atomic E-state index is 5.44. The van der Waals surface area contributed by atoms with E-state index in [0.717, 1.165) is 6.42 Å². The van der Waals surface area contributed by atoms with Gasteiger partial charge in [0.05, 0.1) is 0 Å². The molecular weight excluding hydrogens is 156 g/mol. The molecule has 0 bridgehead atoms. The Bertz CT molecular complexity index is 141. The Labute approximate surface area is 74.9 Å². The Hall–Kier alpha value is -0.230. The molecule has 0 saturated carbocycles. The van der Waals surface area contributed by atoms with E-state index in [9.17, 15) is 0 Å². The predicted octanol–water partition coefficient (Wildman–Crippen LogP) is 4.12. The van der Waals surface area contributed by atoms with Crippen molar-refractivity contribution in [3.63, 3.8) is 0 Å². The molecule has 11 heavy (non-hydrogen) atoms. The first kappa shape index (κ1) is 10.8. The number of halogens is 1. The zero-order valence-electron chi connectivity index (χ0n) is 7.60. The van der Waals surface area contributed by atoms with Crippen molar-refractivity contribution in [2.45, 2.75) is 33.6 Å². The van der Waals surface area contributed by atoms with Gasteiger partial charge in [-0.1, -0.05) is 36.2 Å². The van der Waals surface area contributed by atoms with Crippen LogP contribution in [-0.2, 0) is 0 Å². The van der Waals surface area contributed by atoms with Gasteiger partial charge in [0.1, 0.15) is 0 Å². The minimum absolute atomic E-state index is 0.600. The van der Waals surface area contributed by atoms with Crippen molar-refractivity contribution in [3.8, 4) is 0 Å². The van der Waals surface area contributed by atoms with E-state index in [4.69, 9.17) is 11.6 Å². The summed E-state index contributed by atoms with van der Waals surface area (Å²) in [6.45, 7) is 6.43. The molecule has 0 saturated heterocycles. The van der Waals surface area contributed by atoms with Crippen molar-refractivity contribution < 1.29 is 0 Å². The summed E-state index contributed by atoms with van der Waals surface area (Å²) in [5.41, 5.74) is 3.00. The minimum Gasteiger partial charge on any atom is -0.0933 e. The van der Waals surface area contributed by atoms with Gasteiger partial charge in [-0.05, 0) is 32.6 Å². The molecule has 0 radical (unpaired) electrons. The molecule has 0 N–H and O–H groups in total. The molecule has 0 aliphatic heterocycles. The van der Waals surface area contributed by atoms with Gasteiger partial charge in [-0.3, -0.25) is 0 Å². The molecule has 0 spiro atoms. The summed E-state index contributed by atoms with van der Waals surface area (Å²) >= 11 is 5.44. The second-order valence-electron chi connectivity index (χ2n) is 3.15. The summed E-state index contributed by atoms with van der Waals surface area (Å²) in [6, 6.07) is 0. The van der Waals surface area contributed by atoms with E-state index in [1.165, 1.54) is 12.0 Å². The maximum Gasteiger partial charge on any atom is 0.000515 e. The Balaban J connectivity index is 3.46. The minimum atomic E-state index is 0.600. The fraction of sp³-hybridized carbons (Fsp3) is 0.600. The van der Waals surface area contributed by atoms with Crippen LogP contribution in [0.4, 0.5) is 0 Å². The van der Waals surface area contributed by atoms with Gasteiger partial charge < -0.3 is 0 Å². The summed E-state index contributed by atoms with van der Waals surface area (Å²) in [5.74, 6) is 0.600. The van der Waals surface area contributed by atoms with Gasteiger partial charge in [-0.15, -0.1) is 0 Å². The van der Waals surface area contributed by atoms with Crippen LogP contribution in [0.15, 0.2) is 23.3 Å². The highest BCUT2D eigenvalue weighted by Crippen LogP contribution is 2.09. The summed E-state index contributed by atoms with van der Waals surface area (Å²) in [4.78, 5) is 0. The van der Waals surface area contributed by atoms with Gasteiger partial charge in [-0.25, -0.2) is 0 Å². The quantitative estimate of drug-likeness (QED) is 0.560. The average Bonchev–Trinajstić information content (AvgIpc) is 1.87. The van der Waals surface area contributed by atoms with Gasteiger partial charge in [-0.2, -0.15) is 0 Å². The predicted molar refractivity (Wildman–Crippen MR) is 52.8 cm³/mol. The zero-order valence-corrected chi connectivity index (χ0v) is 8.36. The lowest BCUT2D eigenvalue weighted by Crippen LogP contribution is -1.86. The number of hydrogen-bond acceptors (Lipinski definition) is 0. The second-order valence-corrected chi connectivity index (χ2v) is 3.41. The van der Waals surface area contributed by atoms with Crippen molar-refractivity contribution in [3.05, 3.63) is 23.3 Å². The molecule has 0 amide bonds. The van der Waals surface area contributed by atoms with E-state index < -0.39 is 0 Å². The molecular formula is C10H17Cl. The van der Waals surface area contributed by atoms with Gasteiger partial charge in [0.25, 0.3) is 0 Å². The highest BCUT2D eigenvalue weighted by Gasteiger charge is 1.93. The highest BCUT2D eigenvalue weighted by atomic mass is 35.5. The summed E-state index contributed by atoms with van der Waals surface area (Å²) < 4.78 is 0. The van der Waals surface area contributed by atoms with E-state index in [2.05, 4.69) is 26.8 Å². The van der Waals surface area contributed by atoms with Crippen LogP contribution >= 0.6 is 11.6 Å². The van der Waals surface area contributed by atoms with E-state index in [-0.39, 0.29) is 0 Å². The molecule has 64 valence electrons. The second kappa shape index (κ2) is 6.48. The van der Waals surface area contributed by atoms with Crippen LogP contribution in [0.5, 0.6) is 0 Å². The fourth-order valence-electron chi connectivity index (χ4n) is 0.855. The van der Waals surface area contributed by atoms with Crippen molar-refractivity contribution in [2.24, 2.45) is 5.92 Å². The Morgan fingerprint density at radius 3 is 2.55 bits per heavy atom. The third kappa shape index (κ3) is 7.67. The summed E-state index contributed by atoms with van der Waals surface area (Å²) in [6.07, 6.45) is 6.64. The molecule has 1 atom stereocenters. The monoisotopic (exact) mass is 172 g/mol. The van der Waals surface area contributed by atoms with Crippen LogP contribution in [0.25, 0.3) is 0 Å². The first-order valence-corrected chi connectivity index (χ1v) is 4.50. The molecule has 0 aromatic rings. The number of hydrogen-bond donors (Lipinski definition) is 0. The van der Waals surface area contributed by atoms with Gasteiger partial charge in [0.15, 0.2) is 0 Å². The van der Waals surface area contributed by atoms with E-state index in [1.54, 1.807) is 5.54 Å². The smallest absolute Gasteiger partial charge is 0.000515 e. The normalized spacial score (nSPS) is 13.5. The van der Waals surface area contributed by atoms with Crippen molar-refractivity contribution in [2.75, 3.05) is 0 Å². The molecule has 0 heterocycles. The molecule has 0 fully saturated rings. The van der Waals surface area contributed by atoms with Crippen molar-refractivity contribution in [1.82, 2.24) is 0 Å². The molecule has 0 aliphatic carbocycles. The number of allylic oxidation sites excluding steroid dienone is 3. The highest BCUT2D eigenvalue weighted by molar-refractivity contribution is 6.25. The Kier molecular flexibility index (Phi) is 6.34. The van der Waals surface area contributed by atoms with Crippen molar-refractivity contribution >= 4 is 11.6 Å². The van der Waals surface area contributed by atoms with Crippen molar-refractivity contribution in [1.29, 1.82) is 0 Å². The lowest BCUT2D eigenvalue weighted by Gasteiger charge is -2.01. The van der Waals surface area contributed by atoms with E-state index >= 15 is 0 Å². The van der Waals surface area contributed by atoms with Crippen LogP contribution in [0.2, 0.25) is 0 Å². The zero-order chi connectivity index (χ0) is 8.69. The molecule has 0 nitrogen and oxygen atoms in total. The fourth-order valence-corrected chi connectivity index (χ4v) is 1.10. The molecule has 1 unspecified atom stereocenters. The summed E-state index contributed by atoms with van der Waals surface area (Å²) in [7, 11) is 0. The third-order valence-electron chi connectivity index (χ3n) is 1.58. The maximum absolute atomic E-state index is 5.44. The van der Waals surface area contributed by atoms with Crippen LogP contribution in [0.3, 0.4) is 0 Å². The first-order valence-electron chi connectivity index (χ1n) is 4.07. The topological polar surface area (TPSA) is 0 Å². The van der Waals surface area contributed by atoms with Crippen LogP contribution in [-0.4, -0.2) is 0 Å². The Morgan fingerprint density at radius 1 is 1.45 bits per heavy atom. The van der Waals surface area contributed by atoms with Crippen LogP contribution in [0.1, 0.15) is 33.6 Å². The standard InChI is InChI=1S/C10H17Cl/c1-9(2)5-4-6-10(3)7-8-11/h5,7-8,10H,4,6H2,1-3H3/b8-7+. The SMILES string of the molecule is CC(C)=CCCC(C)/C=C/Cl. The molecule has 1 heteroatoms. The van der Waals surface area contributed by atoms with E-state index in [0.29, 0.717) is 5.92 Å². The largest absolute Gasteiger partial charge is 0.0933 e. The van der Waals surface area contributed by atoms with E-state index in [1.807, 2.05) is 6.08 Å².